The fraction of sp³-hybridized carbons (Fsp3) is 1.00. The van der Waals surface area contributed by atoms with E-state index in [1.807, 2.05) is 0 Å². The molecule has 1 aliphatic heterocycles. The average molecular weight is 174 g/mol. The van der Waals surface area contributed by atoms with Gasteiger partial charge in [-0.05, 0) is 12.5 Å². The first kappa shape index (κ1) is 8.66. The highest BCUT2D eigenvalue weighted by Crippen LogP contribution is 2.44. The molecular weight excluding hydrogens is 156 g/mol. The average Bonchev–Trinajstić information content (AvgIpc) is 1.56. The second-order valence-electron chi connectivity index (χ2n) is 4.48. The predicted octanol–water partition coefficient (Wildman–Crippen LogP) is 3.50. The van der Waals surface area contributed by atoms with Crippen molar-refractivity contribution in [2.24, 2.45) is 0 Å². The Kier molecular flexibility index (Phi) is 2.22. The summed E-state index contributed by atoms with van der Waals surface area (Å²) in [6.45, 7) is 9.79. The molecule has 10 heavy (non-hydrogen) atoms. The number of rotatable bonds is 0. The van der Waals surface area contributed by atoms with Crippen LogP contribution in [-0.2, 0) is 0 Å². The van der Waals surface area contributed by atoms with Crippen LogP contribution in [0, 0.1) is 0 Å². The van der Waals surface area contributed by atoms with Gasteiger partial charge in [-0.3, -0.25) is 0 Å². The molecule has 0 amide bonds. The van der Waals surface area contributed by atoms with Gasteiger partial charge in [0.2, 0.25) is 0 Å². The molecule has 0 aromatic carbocycles. The summed E-state index contributed by atoms with van der Waals surface area (Å²) in [5.74, 6) is 0. The van der Waals surface area contributed by atoms with Gasteiger partial charge >= 0.3 is 0 Å². The van der Waals surface area contributed by atoms with Crippen LogP contribution in [0.3, 0.4) is 0 Å². The summed E-state index contributed by atoms with van der Waals surface area (Å²) in [5, 5.41) is 0. The lowest BCUT2D eigenvalue weighted by atomic mass is 10.1. The van der Waals surface area contributed by atoms with Gasteiger partial charge in [0.15, 0.2) is 0 Å². The van der Waals surface area contributed by atoms with Gasteiger partial charge in [0.05, 0.1) is 0 Å². The number of hydrogen-bond acceptors (Lipinski definition) is 1. The smallest absolute Gasteiger partial charge is 0.112 e. The van der Waals surface area contributed by atoms with Gasteiger partial charge in [-0.15, -0.1) is 0 Å². The lowest BCUT2D eigenvalue weighted by Crippen LogP contribution is -2.34. The highest BCUT2D eigenvalue weighted by Gasteiger charge is 2.34. The minimum atomic E-state index is -0.809. The van der Waals surface area contributed by atoms with E-state index in [1.165, 1.54) is 18.9 Å². The zero-order valence-electron chi connectivity index (χ0n) is 7.53. The summed E-state index contributed by atoms with van der Waals surface area (Å²) in [4.78, 5) is 0. The van der Waals surface area contributed by atoms with Crippen molar-refractivity contribution in [2.45, 2.75) is 50.6 Å². The highest BCUT2D eigenvalue weighted by atomic mass is 32.4. The largest absolute Gasteiger partial charge is 0.180 e. The molecule has 2 heteroatoms. The van der Waals surface area contributed by atoms with E-state index in [2.05, 4.69) is 38.2 Å². The van der Waals surface area contributed by atoms with E-state index in [9.17, 15) is 0 Å². The first-order chi connectivity index (χ1) is 4.41. The Bertz CT molecular complexity index is 115. The maximum atomic E-state index is 2.50. The number of hydrogen-bond donors (Lipinski definition) is 0. The SMILES string of the molecule is CC1(C)CCC[Si](C)(C)S1. The molecule has 0 aromatic heterocycles. The molecule has 0 unspecified atom stereocenters. The van der Waals surface area contributed by atoms with Crippen molar-refractivity contribution >= 4 is 18.4 Å². The van der Waals surface area contributed by atoms with E-state index in [0.717, 1.165) is 0 Å². The molecule has 1 heterocycles. The van der Waals surface area contributed by atoms with Gasteiger partial charge in [-0.25, -0.2) is 0 Å². The van der Waals surface area contributed by atoms with Crippen molar-refractivity contribution in [3.63, 3.8) is 0 Å². The second-order valence-corrected chi connectivity index (χ2v) is 13.7. The van der Waals surface area contributed by atoms with Crippen LogP contribution in [0.4, 0.5) is 0 Å². The van der Waals surface area contributed by atoms with Crippen LogP contribution in [0.15, 0.2) is 0 Å². The second kappa shape index (κ2) is 2.56. The molecule has 0 atom stereocenters. The molecule has 0 aliphatic carbocycles. The molecule has 1 saturated heterocycles. The van der Waals surface area contributed by atoms with E-state index in [-0.39, 0.29) is 0 Å². The Morgan fingerprint density at radius 3 is 2.20 bits per heavy atom. The molecule has 0 aromatic rings. The first-order valence-electron chi connectivity index (χ1n) is 4.12. The van der Waals surface area contributed by atoms with Gasteiger partial charge in [-0.2, -0.15) is 11.2 Å². The molecule has 0 saturated carbocycles. The van der Waals surface area contributed by atoms with Gasteiger partial charge in [-0.1, -0.05) is 33.4 Å². The minimum absolute atomic E-state index is 0.591. The Hall–Kier alpha value is 0.567. The van der Waals surface area contributed by atoms with E-state index < -0.39 is 7.22 Å². The highest BCUT2D eigenvalue weighted by molar-refractivity contribution is 8.29. The molecule has 0 radical (unpaired) electrons. The van der Waals surface area contributed by atoms with Crippen molar-refractivity contribution in [3.05, 3.63) is 0 Å². The Morgan fingerprint density at radius 1 is 1.30 bits per heavy atom. The van der Waals surface area contributed by atoms with Crippen LogP contribution in [0.1, 0.15) is 26.7 Å². The molecule has 1 aliphatic rings. The molecule has 0 nitrogen and oxygen atoms in total. The maximum absolute atomic E-state index is 2.50. The molecule has 0 bridgehead atoms. The normalized spacial score (nSPS) is 30.0. The molecule has 60 valence electrons. The summed E-state index contributed by atoms with van der Waals surface area (Å²) >= 11 is 2.28. The van der Waals surface area contributed by atoms with Crippen LogP contribution >= 0.6 is 11.2 Å². The zero-order chi connectivity index (χ0) is 7.83. The van der Waals surface area contributed by atoms with Gasteiger partial charge in [0, 0.05) is 4.75 Å². The topological polar surface area (TPSA) is 0 Å². The molecular formula is C8H18SSi. The third-order valence-corrected chi connectivity index (χ3v) is 8.91. The van der Waals surface area contributed by atoms with Crippen molar-refractivity contribution in [1.82, 2.24) is 0 Å². The minimum Gasteiger partial charge on any atom is -0.180 e. The quantitative estimate of drug-likeness (QED) is 0.507. The standard InChI is InChI=1S/C8H18SSi/c1-8(2)6-5-7-10(3,4)9-8/h5-7H2,1-4H3. The van der Waals surface area contributed by atoms with E-state index in [1.54, 1.807) is 0 Å². The van der Waals surface area contributed by atoms with Crippen LogP contribution in [0.2, 0.25) is 19.1 Å². The van der Waals surface area contributed by atoms with E-state index in [4.69, 9.17) is 0 Å². The van der Waals surface area contributed by atoms with Crippen LogP contribution in [-0.4, -0.2) is 12.0 Å². The maximum Gasteiger partial charge on any atom is 0.112 e. The Labute approximate surface area is 69.4 Å². The Balaban J connectivity index is 2.56. The van der Waals surface area contributed by atoms with Crippen molar-refractivity contribution in [1.29, 1.82) is 0 Å². The van der Waals surface area contributed by atoms with Crippen LogP contribution < -0.4 is 0 Å². The molecule has 0 N–H and O–H groups in total. The molecule has 0 spiro atoms. The van der Waals surface area contributed by atoms with Crippen molar-refractivity contribution < 1.29 is 0 Å². The third kappa shape index (κ3) is 2.31. The molecule has 1 fully saturated rings. The third-order valence-electron chi connectivity index (χ3n) is 2.11. The van der Waals surface area contributed by atoms with Crippen LogP contribution in [0.5, 0.6) is 0 Å². The Morgan fingerprint density at radius 2 is 1.90 bits per heavy atom. The summed E-state index contributed by atoms with van der Waals surface area (Å²) in [7, 11) is -0.809. The summed E-state index contributed by atoms with van der Waals surface area (Å²) in [5.41, 5.74) is 0. The molecule has 1 rings (SSSR count). The zero-order valence-corrected chi connectivity index (χ0v) is 9.35. The fourth-order valence-electron chi connectivity index (χ4n) is 1.79. The van der Waals surface area contributed by atoms with E-state index >= 15 is 0 Å². The lowest BCUT2D eigenvalue weighted by Gasteiger charge is -2.38. The predicted molar refractivity (Wildman–Crippen MR) is 53.2 cm³/mol. The summed E-state index contributed by atoms with van der Waals surface area (Å²) in [6, 6.07) is 1.53. The van der Waals surface area contributed by atoms with Crippen molar-refractivity contribution in [2.75, 3.05) is 0 Å². The summed E-state index contributed by atoms with van der Waals surface area (Å²) < 4.78 is 0.591. The summed E-state index contributed by atoms with van der Waals surface area (Å²) in [6.07, 6.45) is 2.90. The van der Waals surface area contributed by atoms with Crippen LogP contribution in [0.25, 0.3) is 0 Å². The first-order valence-corrected chi connectivity index (χ1v) is 8.86. The van der Waals surface area contributed by atoms with Crippen molar-refractivity contribution in [3.8, 4) is 0 Å². The monoisotopic (exact) mass is 174 g/mol. The van der Waals surface area contributed by atoms with Gasteiger partial charge in [0.25, 0.3) is 0 Å². The van der Waals surface area contributed by atoms with E-state index in [0.29, 0.717) is 4.75 Å². The fourth-order valence-corrected chi connectivity index (χ4v) is 10.2. The van der Waals surface area contributed by atoms with Gasteiger partial charge < -0.3 is 0 Å². The van der Waals surface area contributed by atoms with Gasteiger partial charge in [0.1, 0.15) is 7.22 Å². The lowest BCUT2D eigenvalue weighted by molar-refractivity contribution is 0.618.